The van der Waals surface area contributed by atoms with Crippen LogP contribution in [0.3, 0.4) is 0 Å². The zero-order chi connectivity index (χ0) is 20.5. The van der Waals surface area contributed by atoms with E-state index in [0.29, 0.717) is 31.5 Å². The van der Waals surface area contributed by atoms with Gasteiger partial charge in [0.15, 0.2) is 5.17 Å². The van der Waals surface area contributed by atoms with Crippen LogP contribution in [0.5, 0.6) is 0 Å². The summed E-state index contributed by atoms with van der Waals surface area (Å²) < 4.78 is 0. The van der Waals surface area contributed by atoms with Gasteiger partial charge >= 0.3 is 0 Å². The number of benzene rings is 2. The monoisotopic (exact) mass is 458 g/mol. The minimum Gasteiger partial charge on any atom is -0.268 e. The third-order valence-corrected chi connectivity index (χ3v) is 6.93. The van der Waals surface area contributed by atoms with Crippen LogP contribution in [0.15, 0.2) is 63.1 Å². The first-order chi connectivity index (χ1) is 13.9. The lowest BCUT2D eigenvalue weighted by Crippen LogP contribution is -2.28. The summed E-state index contributed by atoms with van der Waals surface area (Å²) >= 11 is 15.5. The van der Waals surface area contributed by atoms with E-state index >= 15 is 0 Å². The maximum absolute atomic E-state index is 13.2. The SMILES string of the molecule is Cc1ccc(N=C2S/C(=C\c3ccsc3)C(=O)N2c2ccc(C)c(Cl)c2)cc1Cl. The number of rotatable bonds is 3. The van der Waals surface area contributed by atoms with Gasteiger partial charge in [-0.05, 0) is 89.5 Å². The number of aryl methyl sites for hydroxylation is 2. The lowest BCUT2D eigenvalue weighted by molar-refractivity contribution is -0.113. The molecule has 0 radical (unpaired) electrons. The van der Waals surface area contributed by atoms with Gasteiger partial charge in [0.1, 0.15) is 0 Å². The van der Waals surface area contributed by atoms with Gasteiger partial charge < -0.3 is 0 Å². The molecule has 0 saturated carbocycles. The molecule has 2 aromatic carbocycles. The Bertz CT molecular complexity index is 1150. The molecular formula is C22H16Cl2N2OS2. The standard InChI is InChI=1S/C22H16Cl2N2OS2/c1-13-3-5-16(10-18(13)23)25-22-26(17-6-4-14(2)19(24)11-17)21(27)20(29-22)9-15-7-8-28-12-15/h3-12H,1-2H3/b20-9-,25-22?. The summed E-state index contributed by atoms with van der Waals surface area (Å²) in [5, 5.41) is 5.80. The number of carbonyl (C=O) groups excluding carboxylic acids is 1. The number of thiophene rings is 1. The summed E-state index contributed by atoms with van der Waals surface area (Å²) in [4.78, 5) is 20.2. The van der Waals surface area contributed by atoms with Crippen molar-refractivity contribution in [2.75, 3.05) is 4.90 Å². The molecule has 7 heteroatoms. The third-order valence-electron chi connectivity index (χ3n) is 4.44. The van der Waals surface area contributed by atoms with Crippen molar-refractivity contribution in [3.05, 3.63) is 84.9 Å². The van der Waals surface area contributed by atoms with Crippen LogP contribution in [0.25, 0.3) is 6.08 Å². The normalized spacial score (nSPS) is 17.0. The molecule has 146 valence electrons. The summed E-state index contributed by atoms with van der Waals surface area (Å²) in [5.74, 6) is -0.127. The molecule has 1 aromatic heterocycles. The van der Waals surface area contributed by atoms with Gasteiger partial charge in [-0.25, -0.2) is 4.99 Å². The summed E-state index contributed by atoms with van der Waals surface area (Å²) in [5.41, 5.74) is 4.30. The van der Waals surface area contributed by atoms with Gasteiger partial charge in [-0.2, -0.15) is 11.3 Å². The Labute approximate surface area is 187 Å². The molecule has 1 saturated heterocycles. The second-order valence-electron chi connectivity index (χ2n) is 6.57. The van der Waals surface area contributed by atoms with Crippen LogP contribution in [0.1, 0.15) is 16.7 Å². The number of anilines is 1. The fourth-order valence-electron chi connectivity index (χ4n) is 2.77. The van der Waals surface area contributed by atoms with Crippen LogP contribution in [-0.2, 0) is 4.79 Å². The Kier molecular flexibility index (Phi) is 5.83. The minimum absolute atomic E-state index is 0.127. The van der Waals surface area contributed by atoms with Crippen molar-refractivity contribution >= 4 is 74.8 Å². The van der Waals surface area contributed by atoms with Crippen molar-refractivity contribution in [3.63, 3.8) is 0 Å². The maximum atomic E-state index is 13.2. The number of hydrogen-bond donors (Lipinski definition) is 0. The van der Waals surface area contributed by atoms with Gasteiger partial charge in [0.05, 0.1) is 16.3 Å². The zero-order valence-corrected chi connectivity index (χ0v) is 18.8. The lowest BCUT2D eigenvalue weighted by atomic mass is 10.2. The molecule has 0 atom stereocenters. The predicted molar refractivity (Wildman–Crippen MR) is 127 cm³/mol. The molecule has 4 rings (SSSR count). The highest BCUT2D eigenvalue weighted by Gasteiger charge is 2.35. The van der Waals surface area contributed by atoms with E-state index < -0.39 is 0 Å². The molecule has 0 unspecified atom stereocenters. The highest BCUT2D eigenvalue weighted by Crippen LogP contribution is 2.39. The number of thioether (sulfide) groups is 1. The number of amidine groups is 1. The van der Waals surface area contributed by atoms with Crippen LogP contribution < -0.4 is 4.90 Å². The number of aliphatic imine (C=N–C) groups is 1. The number of halogens is 2. The van der Waals surface area contributed by atoms with Crippen molar-refractivity contribution in [2.45, 2.75) is 13.8 Å². The first-order valence-electron chi connectivity index (χ1n) is 8.79. The van der Waals surface area contributed by atoms with E-state index in [9.17, 15) is 4.79 Å². The molecule has 1 fully saturated rings. The molecule has 0 spiro atoms. The Morgan fingerprint density at radius 1 is 1.00 bits per heavy atom. The Hall–Kier alpha value is -2.05. The van der Waals surface area contributed by atoms with Crippen LogP contribution in [0.4, 0.5) is 11.4 Å². The molecule has 1 aliphatic heterocycles. The minimum atomic E-state index is -0.127. The summed E-state index contributed by atoms with van der Waals surface area (Å²) in [6.45, 7) is 3.87. The van der Waals surface area contributed by atoms with Gasteiger partial charge in [-0.1, -0.05) is 35.3 Å². The van der Waals surface area contributed by atoms with Gasteiger partial charge in [-0.15, -0.1) is 0 Å². The molecule has 2 heterocycles. The summed E-state index contributed by atoms with van der Waals surface area (Å²) in [6, 6.07) is 13.2. The predicted octanol–water partition coefficient (Wildman–Crippen LogP) is 7.48. The fourth-order valence-corrected chi connectivity index (χ4v) is 4.74. The molecule has 3 nitrogen and oxygen atoms in total. The molecule has 3 aromatic rings. The van der Waals surface area contributed by atoms with E-state index in [1.807, 2.05) is 61.0 Å². The highest BCUT2D eigenvalue weighted by molar-refractivity contribution is 8.19. The Morgan fingerprint density at radius 2 is 1.72 bits per heavy atom. The van der Waals surface area contributed by atoms with Crippen LogP contribution in [0.2, 0.25) is 10.0 Å². The lowest BCUT2D eigenvalue weighted by Gasteiger charge is -2.16. The summed E-state index contributed by atoms with van der Waals surface area (Å²) in [6.07, 6.45) is 1.89. The summed E-state index contributed by atoms with van der Waals surface area (Å²) in [7, 11) is 0. The van der Waals surface area contributed by atoms with E-state index in [2.05, 4.69) is 0 Å². The van der Waals surface area contributed by atoms with E-state index in [4.69, 9.17) is 28.2 Å². The van der Waals surface area contributed by atoms with Gasteiger partial charge in [0, 0.05) is 10.0 Å². The Balaban J connectivity index is 1.80. The zero-order valence-electron chi connectivity index (χ0n) is 15.6. The largest absolute Gasteiger partial charge is 0.271 e. The third kappa shape index (κ3) is 4.28. The van der Waals surface area contributed by atoms with Crippen molar-refractivity contribution in [3.8, 4) is 0 Å². The molecular weight excluding hydrogens is 443 g/mol. The van der Waals surface area contributed by atoms with Crippen LogP contribution in [-0.4, -0.2) is 11.1 Å². The molecule has 29 heavy (non-hydrogen) atoms. The first kappa shape index (κ1) is 20.2. The average molecular weight is 459 g/mol. The maximum Gasteiger partial charge on any atom is 0.271 e. The smallest absolute Gasteiger partial charge is 0.268 e. The van der Waals surface area contributed by atoms with Crippen molar-refractivity contribution in [1.82, 2.24) is 0 Å². The van der Waals surface area contributed by atoms with Crippen LogP contribution >= 0.6 is 46.3 Å². The Morgan fingerprint density at radius 3 is 2.38 bits per heavy atom. The molecule has 0 aliphatic carbocycles. The van der Waals surface area contributed by atoms with Gasteiger partial charge in [-0.3, -0.25) is 9.69 Å². The number of nitrogens with zero attached hydrogens (tertiary/aromatic N) is 2. The van der Waals surface area contributed by atoms with Crippen molar-refractivity contribution in [1.29, 1.82) is 0 Å². The molecule has 0 bridgehead atoms. The van der Waals surface area contributed by atoms with E-state index in [1.54, 1.807) is 28.4 Å². The van der Waals surface area contributed by atoms with Crippen molar-refractivity contribution in [2.24, 2.45) is 4.99 Å². The van der Waals surface area contributed by atoms with E-state index in [1.165, 1.54) is 11.8 Å². The van der Waals surface area contributed by atoms with Gasteiger partial charge in [0.25, 0.3) is 5.91 Å². The number of carbonyl (C=O) groups is 1. The average Bonchev–Trinajstić information content (AvgIpc) is 3.30. The fraction of sp³-hybridized carbons (Fsp3) is 0.0909. The molecule has 0 N–H and O–H groups in total. The molecule has 1 amide bonds. The van der Waals surface area contributed by atoms with E-state index in [0.717, 1.165) is 16.7 Å². The molecule has 1 aliphatic rings. The highest BCUT2D eigenvalue weighted by atomic mass is 35.5. The topological polar surface area (TPSA) is 32.7 Å². The van der Waals surface area contributed by atoms with Gasteiger partial charge in [0.2, 0.25) is 0 Å². The van der Waals surface area contributed by atoms with Crippen molar-refractivity contribution < 1.29 is 4.79 Å². The first-order valence-corrected chi connectivity index (χ1v) is 11.3. The quantitative estimate of drug-likeness (QED) is 0.381. The van der Waals surface area contributed by atoms with E-state index in [-0.39, 0.29) is 5.91 Å². The number of amides is 1. The second-order valence-corrected chi connectivity index (χ2v) is 9.17. The number of hydrogen-bond acceptors (Lipinski definition) is 4. The second kappa shape index (κ2) is 8.36. The van der Waals surface area contributed by atoms with Crippen LogP contribution in [0, 0.1) is 13.8 Å².